The number of ether oxygens (including phenoxy) is 1. The van der Waals surface area contributed by atoms with Crippen LogP contribution in [0.5, 0.6) is 5.75 Å². The summed E-state index contributed by atoms with van der Waals surface area (Å²) < 4.78 is 60.2. The van der Waals surface area contributed by atoms with E-state index < -0.39 is 20.0 Å². The highest BCUT2D eigenvalue weighted by molar-refractivity contribution is 7.89. The van der Waals surface area contributed by atoms with Gasteiger partial charge in [-0.2, -0.15) is 4.31 Å². The van der Waals surface area contributed by atoms with Crippen LogP contribution in [-0.4, -0.2) is 47.4 Å². The van der Waals surface area contributed by atoms with Crippen molar-refractivity contribution in [1.29, 1.82) is 0 Å². The molecule has 0 saturated carbocycles. The van der Waals surface area contributed by atoms with Gasteiger partial charge in [-0.05, 0) is 61.2 Å². The Kier molecular flexibility index (Phi) is 7.18. The van der Waals surface area contributed by atoms with E-state index in [1.165, 1.54) is 23.5 Å². The van der Waals surface area contributed by atoms with Crippen molar-refractivity contribution in [3.05, 3.63) is 54.1 Å². The summed E-state index contributed by atoms with van der Waals surface area (Å²) in [6.07, 6.45) is 2.75. The van der Waals surface area contributed by atoms with Crippen LogP contribution in [-0.2, 0) is 26.5 Å². The zero-order valence-corrected chi connectivity index (χ0v) is 18.9. The maximum absolute atomic E-state index is 12.8. The number of nitrogens with zero attached hydrogens (tertiary/aromatic N) is 1. The van der Waals surface area contributed by atoms with Crippen LogP contribution >= 0.6 is 0 Å². The summed E-state index contributed by atoms with van der Waals surface area (Å²) >= 11 is 0. The maximum Gasteiger partial charge on any atom is 0.243 e. The number of benzene rings is 2. The van der Waals surface area contributed by atoms with Crippen molar-refractivity contribution < 1.29 is 21.6 Å². The van der Waals surface area contributed by atoms with Crippen molar-refractivity contribution in [2.24, 2.45) is 0 Å². The second-order valence-electron chi connectivity index (χ2n) is 7.37. The molecule has 1 saturated heterocycles. The SMILES string of the molecule is CCCc1ccc(S(=O)(=O)NC2CCN(S(=O)(=O)c3ccc(OC)cc3)CC2)cc1. The van der Waals surface area contributed by atoms with Crippen LogP contribution in [0.15, 0.2) is 58.3 Å². The predicted octanol–water partition coefficient (Wildman–Crippen LogP) is 2.78. The minimum atomic E-state index is -3.64. The number of nitrogens with one attached hydrogen (secondary N) is 1. The fourth-order valence-electron chi connectivity index (χ4n) is 3.52. The van der Waals surface area contributed by atoms with Crippen LogP contribution in [0.25, 0.3) is 0 Å². The molecular weight excluding hydrogens is 424 g/mol. The van der Waals surface area contributed by atoms with Crippen molar-refractivity contribution >= 4 is 20.0 Å². The van der Waals surface area contributed by atoms with Gasteiger partial charge < -0.3 is 4.74 Å². The lowest BCUT2D eigenvalue weighted by Gasteiger charge is -2.31. The van der Waals surface area contributed by atoms with Gasteiger partial charge in [0.05, 0.1) is 16.9 Å². The molecule has 2 aromatic rings. The molecule has 0 unspecified atom stereocenters. The van der Waals surface area contributed by atoms with Crippen molar-refractivity contribution in [3.63, 3.8) is 0 Å². The van der Waals surface area contributed by atoms with Gasteiger partial charge in [0.2, 0.25) is 20.0 Å². The van der Waals surface area contributed by atoms with Gasteiger partial charge in [-0.15, -0.1) is 0 Å². The van der Waals surface area contributed by atoms with E-state index in [0.717, 1.165) is 18.4 Å². The highest BCUT2D eigenvalue weighted by Crippen LogP contribution is 2.23. The van der Waals surface area contributed by atoms with Crippen molar-refractivity contribution in [2.75, 3.05) is 20.2 Å². The maximum atomic E-state index is 12.8. The van der Waals surface area contributed by atoms with Crippen LogP contribution in [0.3, 0.4) is 0 Å². The summed E-state index contributed by atoms with van der Waals surface area (Å²) in [7, 11) is -5.73. The molecule has 0 spiro atoms. The Labute approximate surface area is 179 Å². The fourth-order valence-corrected chi connectivity index (χ4v) is 6.30. The summed E-state index contributed by atoms with van der Waals surface area (Å²) in [5.41, 5.74) is 1.11. The lowest BCUT2D eigenvalue weighted by atomic mass is 10.1. The number of hydrogen-bond donors (Lipinski definition) is 1. The molecule has 3 rings (SSSR count). The van der Waals surface area contributed by atoms with Gasteiger partial charge in [0.15, 0.2) is 0 Å². The van der Waals surface area contributed by atoms with E-state index >= 15 is 0 Å². The summed E-state index contributed by atoms with van der Waals surface area (Å²) in [5, 5.41) is 0. The fraction of sp³-hybridized carbons (Fsp3) is 0.429. The Morgan fingerprint density at radius 1 is 0.933 bits per heavy atom. The zero-order valence-electron chi connectivity index (χ0n) is 17.2. The summed E-state index contributed by atoms with van der Waals surface area (Å²) in [6.45, 7) is 2.60. The van der Waals surface area contributed by atoms with E-state index in [2.05, 4.69) is 11.6 Å². The van der Waals surface area contributed by atoms with Crippen LogP contribution in [0.2, 0.25) is 0 Å². The standard InChI is InChI=1S/C21H28N2O5S2/c1-3-4-17-5-9-20(10-6-17)29(24,25)22-18-13-15-23(16-14-18)30(26,27)21-11-7-19(28-2)8-12-21/h5-12,18,22H,3-4,13-16H2,1-2H3. The van der Waals surface area contributed by atoms with Gasteiger partial charge in [-0.25, -0.2) is 21.6 Å². The number of methoxy groups -OCH3 is 1. The molecular formula is C21H28N2O5S2. The first-order chi connectivity index (χ1) is 14.3. The van der Waals surface area contributed by atoms with Gasteiger partial charge >= 0.3 is 0 Å². The van der Waals surface area contributed by atoms with Crippen molar-refractivity contribution in [1.82, 2.24) is 9.03 Å². The Hall–Kier alpha value is -1.94. The third-order valence-corrected chi connectivity index (χ3v) is 8.69. The molecule has 0 amide bonds. The quantitative estimate of drug-likeness (QED) is 0.665. The molecule has 9 heteroatoms. The summed E-state index contributed by atoms with van der Waals surface area (Å²) in [4.78, 5) is 0.435. The van der Waals surface area contributed by atoms with Crippen molar-refractivity contribution in [2.45, 2.75) is 48.4 Å². The first-order valence-corrected chi connectivity index (χ1v) is 12.9. The van der Waals surface area contributed by atoms with Crippen LogP contribution in [0, 0.1) is 0 Å². The smallest absolute Gasteiger partial charge is 0.243 e. The number of piperidine rings is 1. The first kappa shape index (κ1) is 22.7. The molecule has 0 aromatic heterocycles. The Balaban J connectivity index is 1.61. The average molecular weight is 453 g/mol. The molecule has 1 aliphatic heterocycles. The Bertz CT molecular complexity index is 1040. The van der Waals surface area contributed by atoms with Gasteiger partial charge in [-0.1, -0.05) is 25.5 Å². The van der Waals surface area contributed by atoms with E-state index in [0.29, 0.717) is 18.6 Å². The van der Waals surface area contributed by atoms with Crippen LogP contribution in [0.4, 0.5) is 0 Å². The van der Waals surface area contributed by atoms with Gasteiger partial charge in [0, 0.05) is 19.1 Å². The minimum Gasteiger partial charge on any atom is -0.497 e. The number of rotatable bonds is 8. The van der Waals surface area contributed by atoms with E-state index in [1.54, 1.807) is 24.3 Å². The molecule has 0 radical (unpaired) electrons. The molecule has 0 aliphatic carbocycles. The third-order valence-electron chi connectivity index (χ3n) is 5.25. The topological polar surface area (TPSA) is 92.8 Å². The van der Waals surface area contributed by atoms with E-state index in [1.807, 2.05) is 12.1 Å². The van der Waals surface area contributed by atoms with E-state index in [9.17, 15) is 16.8 Å². The highest BCUT2D eigenvalue weighted by atomic mass is 32.2. The third kappa shape index (κ3) is 5.21. The zero-order chi connectivity index (χ0) is 21.8. The van der Waals surface area contributed by atoms with Gasteiger partial charge in [0.1, 0.15) is 5.75 Å². The number of aryl methyl sites for hydroxylation is 1. The minimum absolute atomic E-state index is 0.203. The second kappa shape index (κ2) is 9.47. The molecule has 1 aliphatic rings. The second-order valence-corrected chi connectivity index (χ2v) is 11.0. The molecule has 1 heterocycles. The van der Waals surface area contributed by atoms with E-state index in [-0.39, 0.29) is 28.9 Å². The predicted molar refractivity (Wildman–Crippen MR) is 116 cm³/mol. The lowest BCUT2D eigenvalue weighted by Crippen LogP contribution is -2.46. The van der Waals surface area contributed by atoms with Crippen LogP contribution in [0.1, 0.15) is 31.7 Å². The Morgan fingerprint density at radius 3 is 2.03 bits per heavy atom. The lowest BCUT2D eigenvalue weighted by molar-refractivity contribution is 0.308. The molecule has 0 atom stereocenters. The molecule has 1 fully saturated rings. The molecule has 2 aromatic carbocycles. The average Bonchev–Trinajstić information content (AvgIpc) is 2.74. The number of sulfonamides is 2. The summed E-state index contributed by atoms with van der Waals surface area (Å²) in [5.74, 6) is 0.588. The number of hydrogen-bond acceptors (Lipinski definition) is 5. The molecule has 0 bridgehead atoms. The normalized spacial score (nSPS) is 16.5. The summed E-state index contributed by atoms with van der Waals surface area (Å²) in [6, 6.07) is 12.9. The Morgan fingerprint density at radius 2 is 1.50 bits per heavy atom. The van der Waals surface area contributed by atoms with Crippen molar-refractivity contribution in [3.8, 4) is 5.75 Å². The molecule has 164 valence electrons. The molecule has 1 N–H and O–H groups in total. The monoisotopic (exact) mass is 452 g/mol. The van der Waals surface area contributed by atoms with E-state index in [4.69, 9.17) is 4.74 Å². The first-order valence-electron chi connectivity index (χ1n) is 10.0. The highest BCUT2D eigenvalue weighted by Gasteiger charge is 2.31. The van der Waals surface area contributed by atoms with Crippen LogP contribution < -0.4 is 9.46 Å². The molecule has 7 nitrogen and oxygen atoms in total. The largest absolute Gasteiger partial charge is 0.497 e. The molecule has 30 heavy (non-hydrogen) atoms. The van der Waals surface area contributed by atoms with Gasteiger partial charge in [-0.3, -0.25) is 0 Å². The van der Waals surface area contributed by atoms with Gasteiger partial charge in [0.25, 0.3) is 0 Å².